The molecule has 0 saturated carbocycles. The molecule has 0 radical (unpaired) electrons. The lowest BCUT2D eigenvalue weighted by Gasteiger charge is -2.38. The van der Waals surface area contributed by atoms with Crippen LogP contribution in [0.4, 0.5) is 4.79 Å². The standard InChI is InChI=1S/C16H27N3O4/c1-11(10-20)18(5)9-13-6-14(17-23-13)12-7-19(8-12)15(21)22-16(2,3)4/h6,11-12,20H,7-10H2,1-5H3/t11-/m0/s1. The molecule has 0 bridgehead atoms. The van der Waals surface area contributed by atoms with Crippen LogP contribution in [0.1, 0.15) is 45.1 Å². The van der Waals surface area contributed by atoms with E-state index in [0.29, 0.717) is 19.6 Å². The SMILES string of the molecule is C[C@@H](CO)N(C)Cc1cc(C2CN(C(=O)OC(C)(C)C)C2)no1. The van der Waals surface area contributed by atoms with Crippen molar-refractivity contribution in [3.8, 4) is 0 Å². The highest BCUT2D eigenvalue weighted by molar-refractivity contribution is 5.69. The van der Waals surface area contributed by atoms with Crippen molar-refractivity contribution in [1.29, 1.82) is 0 Å². The second kappa shape index (κ2) is 6.88. The van der Waals surface area contributed by atoms with Crippen LogP contribution >= 0.6 is 0 Å². The predicted octanol–water partition coefficient (Wildman–Crippen LogP) is 1.82. The molecule has 130 valence electrons. The molecule has 1 aromatic heterocycles. The van der Waals surface area contributed by atoms with Gasteiger partial charge in [0.05, 0.1) is 18.8 Å². The number of likely N-dealkylation sites (tertiary alicyclic amines) is 1. The van der Waals surface area contributed by atoms with Gasteiger partial charge in [-0.2, -0.15) is 0 Å². The van der Waals surface area contributed by atoms with E-state index in [1.807, 2.05) is 45.7 Å². The van der Waals surface area contributed by atoms with Gasteiger partial charge in [0, 0.05) is 31.1 Å². The highest BCUT2D eigenvalue weighted by atomic mass is 16.6. The molecule has 1 fully saturated rings. The van der Waals surface area contributed by atoms with Crippen molar-refractivity contribution in [3.63, 3.8) is 0 Å². The van der Waals surface area contributed by atoms with Gasteiger partial charge in [0.15, 0.2) is 5.76 Å². The molecule has 7 nitrogen and oxygen atoms in total. The van der Waals surface area contributed by atoms with Gasteiger partial charge < -0.3 is 19.3 Å². The Morgan fingerprint density at radius 2 is 2.22 bits per heavy atom. The summed E-state index contributed by atoms with van der Waals surface area (Å²) in [6, 6.07) is 1.99. The van der Waals surface area contributed by atoms with E-state index in [4.69, 9.17) is 14.4 Å². The lowest BCUT2D eigenvalue weighted by molar-refractivity contribution is 0.00762. The van der Waals surface area contributed by atoms with Crippen molar-refractivity contribution in [1.82, 2.24) is 15.0 Å². The highest BCUT2D eigenvalue weighted by Crippen LogP contribution is 2.28. The molecule has 23 heavy (non-hydrogen) atoms. The van der Waals surface area contributed by atoms with Crippen LogP contribution in [0.2, 0.25) is 0 Å². The third-order valence-electron chi connectivity index (χ3n) is 3.95. The van der Waals surface area contributed by atoms with Crippen molar-refractivity contribution in [2.75, 3.05) is 26.7 Å². The number of amides is 1. The Morgan fingerprint density at radius 3 is 2.78 bits per heavy atom. The van der Waals surface area contributed by atoms with Gasteiger partial charge in [-0.05, 0) is 34.7 Å². The average Bonchev–Trinajstić information content (AvgIpc) is 2.81. The van der Waals surface area contributed by atoms with Crippen LogP contribution in [-0.2, 0) is 11.3 Å². The van der Waals surface area contributed by atoms with Crippen molar-refractivity contribution in [2.24, 2.45) is 0 Å². The number of ether oxygens (including phenoxy) is 1. The van der Waals surface area contributed by atoms with E-state index >= 15 is 0 Å². The largest absolute Gasteiger partial charge is 0.444 e. The van der Waals surface area contributed by atoms with Gasteiger partial charge >= 0.3 is 6.09 Å². The van der Waals surface area contributed by atoms with Crippen molar-refractivity contribution < 1.29 is 19.2 Å². The molecule has 1 atom stereocenters. The minimum atomic E-state index is -0.475. The van der Waals surface area contributed by atoms with Gasteiger partial charge in [-0.15, -0.1) is 0 Å². The molecule has 1 saturated heterocycles. The number of aromatic nitrogens is 1. The molecule has 0 unspecified atom stereocenters. The first-order chi connectivity index (χ1) is 10.7. The molecule has 1 amide bonds. The molecule has 2 heterocycles. The molecule has 2 rings (SSSR count). The summed E-state index contributed by atoms with van der Waals surface area (Å²) in [6.45, 7) is 9.42. The van der Waals surface area contributed by atoms with Crippen LogP contribution in [0.5, 0.6) is 0 Å². The Bertz CT molecular complexity index is 532. The first kappa shape index (κ1) is 17.7. The normalized spacial score (nSPS) is 17.3. The van der Waals surface area contributed by atoms with E-state index in [1.54, 1.807) is 4.90 Å². The molecular weight excluding hydrogens is 298 g/mol. The van der Waals surface area contributed by atoms with E-state index in [0.717, 1.165) is 11.5 Å². The predicted molar refractivity (Wildman–Crippen MR) is 85.1 cm³/mol. The Kier molecular flexibility index (Phi) is 5.31. The molecule has 1 aliphatic heterocycles. The Morgan fingerprint density at radius 1 is 1.57 bits per heavy atom. The summed E-state index contributed by atoms with van der Waals surface area (Å²) in [6.07, 6.45) is -0.283. The zero-order valence-corrected chi connectivity index (χ0v) is 14.6. The fourth-order valence-corrected chi connectivity index (χ4v) is 2.28. The van der Waals surface area contributed by atoms with Crippen LogP contribution in [-0.4, -0.2) is 64.5 Å². The second-order valence-electron chi connectivity index (χ2n) is 7.25. The van der Waals surface area contributed by atoms with Crippen molar-refractivity contribution in [2.45, 2.75) is 51.8 Å². The first-order valence-corrected chi connectivity index (χ1v) is 7.94. The monoisotopic (exact) mass is 325 g/mol. The number of hydrogen-bond donors (Lipinski definition) is 1. The highest BCUT2D eigenvalue weighted by Gasteiger charge is 2.36. The topological polar surface area (TPSA) is 79.0 Å². The van der Waals surface area contributed by atoms with Gasteiger partial charge in [0.1, 0.15) is 5.60 Å². The van der Waals surface area contributed by atoms with E-state index in [1.165, 1.54) is 0 Å². The summed E-state index contributed by atoms with van der Waals surface area (Å²) in [5.41, 5.74) is 0.391. The molecule has 7 heteroatoms. The number of aliphatic hydroxyl groups excluding tert-OH is 1. The summed E-state index contributed by atoms with van der Waals surface area (Å²) in [5, 5.41) is 13.3. The maximum absolute atomic E-state index is 11.9. The fourth-order valence-electron chi connectivity index (χ4n) is 2.28. The van der Waals surface area contributed by atoms with Gasteiger partial charge in [-0.25, -0.2) is 4.79 Å². The first-order valence-electron chi connectivity index (χ1n) is 7.94. The Balaban J connectivity index is 1.83. The van der Waals surface area contributed by atoms with Crippen LogP contribution < -0.4 is 0 Å². The van der Waals surface area contributed by atoms with Gasteiger partial charge in [-0.3, -0.25) is 4.90 Å². The van der Waals surface area contributed by atoms with Crippen LogP contribution in [0.25, 0.3) is 0 Å². The van der Waals surface area contributed by atoms with E-state index in [-0.39, 0.29) is 24.7 Å². The number of carbonyl (C=O) groups excluding carboxylic acids is 1. The van der Waals surface area contributed by atoms with Crippen LogP contribution in [0.3, 0.4) is 0 Å². The smallest absolute Gasteiger partial charge is 0.410 e. The van der Waals surface area contributed by atoms with E-state index in [2.05, 4.69) is 5.16 Å². The Labute approximate surface area is 137 Å². The van der Waals surface area contributed by atoms with Gasteiger partial charge in [-0.1, -0.05) is 5.16 Å². The summed E-state index contributed by atoms with van der Waals surface area (Å²) in [5.74, 6) is 0.958. The number of rotatable bonds is 5. The lowest BCUT2D eigenvalue weighted by atomic mass is 9.97. The van der Waals surface area contributed by atoms with E-state index in [9.17, 15) is 4.79 Å². The minimum absolute atomic E-state index is 0.0647. The fraction of sp³-hybridized carbons (Fsp3) is 0.750. The molecule has 0 aliphatic carbocycles. The van der Waals surface area contributed by atoms with Crippen molar-refractivity contribution >= 4 is 6.09 Å². The zero-order chi connectivity index (χ0) is 17.2. The third-order valence-corrected chi connectivity index (χ3v) is 3.95. The molecule has 1 N–H and O–H groups in total. The van der Waals surface area contributed by atoms with E-state index < -0.39 is 5.60 Å². The number of hydrogen-bond acceptors (Lipinski definition) is 6. The molecule has 0 spiro atoms. The number of nitrogens with zero attached hydrogens (tertiary/aromatic N) is 3. The van der Waals surface area contributed by atoms with Crippen molar-refractivity contribution in [3.05, 3.63) is 17.5 Å². The van der Waals surface area contributed by atoms with Crippen LogP contribution in [0.15, 0.2) is 10.6 Å². The number of carbonyl (C=O) groups is 1. The average molecular weight is 325 g/mol. The Hall–Kier alpha value is -1.60. The zero-order valence-electron chi connectivity index (χ0n) is 14.6. The van der Waals surface area contributed by atoms with Gasteiger partial charge in [0.2, 0.25) is 0 Å². The summed E-state index contributed by atoms with van der Waals surface area (Å²) >= 11 is 0. The maximum atomic E-state index is 11.9. The number of likely N-dealkylation sites (N-methyl/N-ethyl adjacent to an activating group) is 1. The lowest BCUT2D eigenvalue weighted by Crippen LogP contribution is -2.50. The molecular formula is C16H27N3O4. The molecule has 1 aliphatic rings. The molecule has 1 aromatic rings. The van der Waals surface area contributed by atoms with Crippen LogP contribution in [0, 0.1) is 0 Å². The van der Waals surface area contributed by atoms with Gasteiger partial charge in [0.25, 0.3) is 0 Å². The third kappa shape index (κ3) is 4.68. The minimum Gasteiger partial charge on any atom is -0.444 e. The summed E-state index contributed by atoms with van der Waals surface area (Å²) in [4.78, 5) is 15.6. The summed E-state index contributed by atoms with van der Waals surface area (Å²) in [7, 11) is 1.93. The second-order valence-corrected chi connectivity index (χ2v) is 7.25. The quantitative estimate of drug-likeness (QED) is 0.889. The number of aliphatic hydroxyl groups is 1. The summed E-state index contributed by atoms with van der Waals surface area (Å²) < 4.78 is 10.7. The molecule has 0 aromatic carbocycles. The maximum Gasteiger partial charge on any atom is 0.410 e.